The number of hydrogen-bond donors (Lipinski definition) is 3. The van der Waals surface area contributed by atoms with Gasteiger partial charge in [0.05, 0.1) is 5.56 Å². The summed E-state index contributed by atoms with van der Waals surface area (Å²) >= 11 is 0. The first-order valence-electron chi connectivity index (χ1n) is 15.8. The Kier molecular flexibility index (Phi) is 6.95. The minimum atomic E-state index is -1.00. The number of ether oxygens (including phenoxy) is 1. The van der Waals surface area contributed by atoms with E-state index in [2.05, 4.69) is 9.97 Å². The number of aromatic nitrogens is 8. The van der Waals surface area contributed by atoms with Gasteiger partial charge < -0.3 is 19.8 Å². The Balaban J connectivity index is 0.00000348. The molecule has 0 unspecified atom stereocenters. The number of rotatable bonds is 3. The molecule has 0 atom stereocenters. The van der Waals surface area contributed by atoms with E-state index in [4.69, 9.17) is 34.6 Å². The van der Waals surface area contributed by atoms with Crippen molar-refractivity contribution < 1.29 is 31.7 Å². The fourth-order valence-corrected chi connectivity index (χ4v) is 6.49. The minimum Gasteiger partial charge on any atom is -0.478 e. The van der Waals surface area contributed by atoms with E-state index >= 15 is 0 Å². The Bertz CT molecular complexity index is 2900. The molecule has 0 fully saturated rings. The van der Waals surface area contributed by atoms with Crippen LogP contribution in [0.5, 0.6) is 11.5 Å². The van der Waals surface area contributed by atoms with Crippen LogP contribution < -0.4 is 4.74 Å². The van der Waals surface area contributed by atoms with Gasteiger partial charge >= 0.3 is 5.97 Å². The van der Waals surface area contributed by atoms with Gasteiger partial charge in [0.15, 0.2) is 23.3 Å². The molecule has 8 bridgehead atoms. The van der Waals surface area contributed by atoms with E-state index in [1.165, 1.54) is 12.1 Å². The van der Waals surface area contributed by atoms with Crippen LogP contribution in [-0.4, -0.2) is 50.9 Å². The summed E-state index contributed by atoms with van der Waals surface area (Å²) in [4.78, 5) is 48.3. The van der Waals surface area contributed by atoms with Gasteiger partial charge in [-0.1, -0.05) is 72.8 Å². The third-order valence-corrected chi connectivity index (χ3v) is 8.86. The normalized spacial score (nSPS) is 11.5. The summed E-state index contributed by atoms with van der Waals surface area (Å²) in [5.41, 5.74) is 5.96. The van der Waals surface area contributed by atoms with Gasteiger partial charge in [-0.3, -0.25) is 0 Å². The topological polar surface area (TPSA) is 155 Å². The van der Waals surface area contributed by atoms with E-state index in [-0.39, 0.29) is 22.6 Å². The summed E-state index contributed by atoms with van der Waals surface area (Å²) in [6, 6.07) is 35.6. The molecular formula is C39H22CuN8O3. The second-order valence-corrected chi connectivity index (χ2v) is 11.9. The molecule has 0 spiro atoms. The van der Waals surface area contributed by atoms with Gasteiger partial charge in [0.2, 0.25) is 0 Å². The summed E-state index contributed by atoms with van der Waals surface area (Å²) in [5.74, 6) is 2.11. The average Bonchev–Trinajstić information content (AvgIpc) is 3.87. The van der Waals surface area contributed by atoms with Gasteiger partial charge in [-0.05, 0) is 42.5 Å². The molecular weight excluding hydrogens is 692 g/mol. The van der Waals surface area contributed by atoms with E-state index in [1.54, 1.807) is 12.1 Å². The fourth-order valence-electron chi connectivity index (χ4n) is 6.49. The molecule has 10 rings (SSSR count). The maximum atomic E-state index is 11.3. The summed E-state index contributed by atoms with van der Waals surface area (Å²) in [6.07, 6.45) is 0. The van der Waals surface area contributed by atoms with Crippen molar-refractivity contribution >= 4 is 50.1 Å². The number of carbonyl (C=O) groups is 1. The third-order valence-electron chi connectivity index (χ3n) is 8.86. The Morgan fingerprint density at radius 1 is 0.471 bits per heavy atom. The van der Waals surface area contributed by atoms with Crippen molar-refractivity contribution in [2.45, 2.75) is 0 Å². The molecule has 8 aromatic rings. The van der Waals surface area contributed by atoms with Crippen molar-refractivity contribution in [3.63, 3.8) is 0 Å². The Morgan fingerprint density at radius 2 is 0.863 bits per heavy atom. The second-order valence-electron chi connectivity index (χ2n) is 11.9. The number of aromatic amines is 2. The zero-order chi connectivity index (χ0) is 33.3. The number of fused-ring (bicyclic) bond motifs is 20. The Labute approximate surface area is 298 Å². The van der Waals surface area contributed by atoms with Crippen molar-refractivity contribution in [1.82, 2.24) is 39.9 Å². The quantitative estimate of drug-likeness (QED) is 0.153. The third kappa shape index (κ3) is 5.01. The van der Waals surface area contributed by atoms with E-state index in [0.29, 0.717) is 57.4 Å². The summed E-state index contributed by atoms with van der Waals surface area (Å²) in [5, 5.41) is 12.7. The van der Waals surface area contributed by atoms with E-state index in [0.717, 1.165) is 43.8 Å². The molecule has 0 aliphatic carbocycles. The van der Waals surface area contributed by atoms with Gasteiger partial charge in [0.25, 0.3) is 0 Å². The largest absolute Gasteiger partial charge is 0.478 e. The SMILES string of the molecule is O=C(O)c1ccc(Oc2ccc3c4nc5nc(nc6[nH]c(nc7nc(nc([nH]4)c3c2)-c2ccccc2-7)c2ccccc62)-c2ccccc2-5)cc1.[Cu]. The number of hydrogen-bond acceptors (Lipinski definition) is 8. The van der Waals surface area contributed by atoms with Crippen LogP contribution in [0, 0.1) is 0 Å². The molecule has 2 aliphatic heterocycles. The van der Waals surface area contributed by atoms with Gasteiger partial charge in [-0.2, -0.15) is 0 Å². The van der Waals surface area contributed by atoms with Crippen LogP contribution in [0.4, 0.5) is 0 Å². The second kappa shape index (κ2) is 11.7. The zero-order valence-electron chi connectivity index (χ0n) is 26.2. The molecule has 5 aromatic carbocycles. The molecule has 51 heavy (non-hydrogen) atoms. The van der Waals surface area contributed by atoms with Crippen LogP contribution >= 0.6 is 0 Å². The smallest absolute Gasteiger partial charge is 0.335 e. The fraction of sp³-hybridized carbons (Fsp3) is 0. The first-order valence-corrected chi connectivity index (χ1v) is 15.8. The Hall–Kier alpha value is -6.75. The van der Waals surface area contributed by atoms with E-state index in [9.17, 15) is 9.90 Å². The van der Waals surface area contributed by atoms with E-state index in [1.807, 2.05) is 91.0 Å². The van der Waals surface area contributed by atoms with Crippen molar-refractivity contribution in [3.8, 4) is 57.1 Å². The first-order chi connectivity index (χ1) is 24.6. The van der Waals surface area contributed by atoms with E-state index < -0.39 is 5.97 Å². The van der Waals surface area contributed by atoms with Crippen LogP contribution in [-0.2, 0) is 17.1 Å². The average molecular weight is 714 g/mol. The Morgan fingerprint density at radius 3 is 1.31 bits per heavy atom. The van der Waals surface area contributed by atoms with Crippen molar-refractivity contribution in [1.29, 1.82) is 0 Å². The molecule has 11 nitrogen and oxygen atoms in total. The minimum absolute atomic E-state index is 0. The summed E-state index contributed by atoms with van der Waals surface area (Å²) in [6.45, 7) is 0. The molecule has 0 amide bonds. The van der Waals surface area contributed by atoms with Crippen molar-refractivity contribution in [2.75, 3.05) is 0 Å². The molecule has 5 heterocycles. The van der Waals surface area contributed by atoms with Crippen molar-refractivity contribution in [2.24, 2.45) is 0 Å². The number of carboxylic acids is 1. The maximum Gasteiger partial charge on any atom is 0.335 e. The number of aromatic carboxylic acids is 1. The molecule has 0 saturated heterocycles. The van der Waals surface area contributed by atoms with Crippen LogP contribution in [0.3, 0.4) is 0 Å². The number of carboxylic acid groups (broad SMARTS) is 1. The van der Waals surface area contributed by atoms with Gasteiger partial charge in [-0.15, -0.1) is 0 Å². The van der Waals surface area contributed by atoms with Crippen LogP contribution in [0.2, 0.25) is 0 Å². The number of nitrogens with one attached hydrogen (secondary N) is 2. The van der Waals surface area contributed by atoms with Crippen molar-refractivity contribution in [3.05, 3.63) is 121 Å². The van der Waals surface area contributed by atoms with Gasteiger partial charge in [-0.25, -0.2) is 34.7 Å². The predicted molar refractivity (Wildman–Crippen MR) is 190 cm³/mol. The standard InChI is InChI=1S/C39H22N8O3.Cu/c48-39(49)20-13-15-21(16-14-20)50-22-17-18-29-30(19-22)38-46-36-28-12-6-5-11-27(28)34(44-36)42-32-24-8-2-1-7-23(24)31(40-32)41-33-25-9-3-4-10-26(25)35(43-33)45-37(29)47-38;/h1-19H,(H,48,49)(H2,40,41,42,43,44,45,46,47);. The molecule has 3 aromatic heterocycles. The number of benzene rings is 5. The summed E-state index contributed by atoms with van der Waals surface area (Å²) in [7, 11) is 0. The first kappa shape index (κ1) is 30.3. The molecule has 2 aliphatic rings. The monoisotopic (exact) mass is 713 g/mol. The predicted octanol–water partition coefficient (Wildman–Crippen LogP) is 8.36. The molecule has 12 heteroatoms. The molecule has 247 valence electrons. The number of nitrogens with zero attached hydrogens (tertiary/aromatic N) is 6. The van der Waals surface area contributed by atoms with Gasteiger partial charge in [0.1, 0.15) is 34.1 Å². The summed E-state index contributed by atoms with van der Waals surface area (Å²) < 4.78 is 6.15. The molecule has 0 saturated carbocycles. The van der Waals surface area contributed by atoms with Crippen LogP contribution in [0.1, 0.15) is 10.4 Å². The number of H-pyrrole nitrogens is 2. The van der Waals surface area contributed by atoms with Crippen LogP contribution in [0.15, 0.2) is 115 Å². The van der Waals surface area contributed by atoms with Gasteiger partial charge in [0, 0.05) is 60.9 Å². The van der Waals surface area contributed by atoms with Crippen LogP contribution in [0.25, 0.3) is 89.7 Å². The molecule has 3 N–H and O–H groups in total. The molecule has 1 radical (unpaired) electrons. The zero-order valence-corrected chi connectivity index (χ0v) is 27.2. The maximum absolute atomic E-state index is 11.3.